The topological polar surface area (TPSA) is 48.1 Å². The lowest BCUT2D eigenvalue weighted by Gasteiger charge is -2.30. The van der Waals surface area contributed by atoms with E-state index in [1.807, 2.05) is 12.2 Å². The minimum Gasteiger partial charge on any atom is -0.550 e. The van der Waals surface area contributed by atoms with Gasteiger partial charge in [-0.05, 0) is 44.0 Å². The van der Waals surface area contributed by atoms with Gasteiger partial charge >= 0.3 is 8.40 Å². The second kappa shape index (κ2) is 9.55. The first-order valence-corrected chi connectivity index (χ1v) is 10.9. The van der Waals surface area contributed by atoms with Gasteiger partial charge in [0.1, 0.15) is 5.71 Å². The largest absolute Gasteiger partial charge is 1.00 e. The van der Waals surface area contributed by atoms with Crippen LogP contribution < -0.4 is 5.11 Å². The predicted molar refractivity (Wildman–Crippen MR) is 112 cm³/mol. The van der Waals surface area contributed by atoms with Crippen molar-refractivity contribution in [3.63, 3.8) is 0 Å². The summed E-state index contributed by atoms with van der Waals surface area (Å²) in [6.07, 6.45) is 15.5. The zero-order valence-electron chi connectivity index (χ0n) is 18.2. The highest BCUT2D eigenvalue weighted by atomic mass is 19.2. The van der Waals surface area contributed by atoms with Crippen LogP contribution in [-0.4, -0.2) is 27.6 Å². The average Bonchev–Trinajstić information content (AvgIpc) is 3.24. The number of carbonyl (C=O) groups excluding carboxylic acids is 1. The summed E-state index contributed by atoms with van der Waals surface area (Å²) in [6, 6.07) is 3.50. The van der Waals surface area contributed by atoms with Crippen LogP contribution in [0.2, 0.25) is 0 Å². The van der Waals surface area contributed by atoms with Crippen molar-refractivity contribution in [2.24, 2.45) is 0 Å². The molecule has 0 bridgehead atoms. The van der Waals surface area contributed by atoms with Crippen molar-refractivity contribution in [2.45, 2.75) is 77.6 Å². The molecule has 0 amide bonds. The zero-order valence-corrected chi connectivity index (χ0v) is 17.2. The van der Waals surface area contributed by atoms with Crippen molar-refractivity contribution >= 4 is 24.7 Å². The Hall–Kier alpha value is -2.18. The molecule has 2 aliphatic heterocycles. The van der Waals surface area contributed by atoms with Crippen LogP contribution in [0.25, 0.3) is 6.08 Å². The average molecular weight is 404 g/mol. The predicted octanol–water partition coefficient (Wildman–Crippen LogP) is 4.55. The highest BCUT2D eigenvalue weighted by molar-refractivity contribution is 6.58. The SMILES string of the molecule is Cc1ccc2n1[B-](F)(F)[N+]1=C(CCCCCCCCCCCC(=O)[O-])C=CC1=C2.[H+]. The van der Waals surface area contributed by atoms with Gasteiger partial charge in [-0.1, -0.05) is 44.9 Å². The van der Waals surface area contributed by atoms with Gasteiger partial charge in [0, 0.05) is 36.3 Å². The van der Waals surface area contributed by atoms with Crippen LogP contribution in [0.5, 0.6) is 0 Å². The molecule has 0 N–H and O–H groups in total. The molecule has 2 aliphatic rings. The molecule has 0 aromatic carbocycles. The number of halogens is 2. The van der Waals surface area contributed by atoms with E-state index in [2.05, 4.69) is 0 Å². The van der Waals surface area contributed by atoms with Crippen molar-refractivity contribution < 1.29 is 24.4 Å². The number of carbonyl (C=O) groups is 1. The fourth-order valence-electron chi connectivity index (χ4n) is 4.40. The smallest absolute Gasteiger partial charge is 0.550 e. The fourth-order valence-corrected chi connectivity index (χ4v) is 4.40. The molecule has 1 aromatic rings. The quantitative estimate of drug-likeness (QED) is 0.379. The van der Waals surface area contributed by atoms with E-state index in [9.17, 15) is 9.90 Å². The number of hydrogen-bond acceptors (Lipinski definition) is 2. The maximum atomic E-state index is 15.2. The molecule has 3 heterocycles. The molecular formula is C22H31BF2N2O2. The zero-order chi connectivity index (χ0) is 20.9. The van der Waals surface area contributed by atoms with Crippen LogP contribution in [0, 0.1) is 6.92 Å². The van der Waals surface area contributed by atoms with Crippen LogP contribution in [0.4, 0.5) is 8.63 Å². The third-order valence-electron chi connectivity index (χ3n) is 5.92. The summed E-state index contributed by atoms with van der Waals surface area (Å²) >= 11 is 0. The molecule has 0 fully saturated rings. The summed E-state index contributed by atoms with van der Waals surface area (Å²) < 4.78 is 32.7. The Morgan fingerprint density at radius 3 is 2.31 bits per heavy atom. The molecule has 0 saturated heterocycles. The first kappa shape index (κ1) is 21.5. The molecule has 3 rings (SSSR count). The molecule has 0 radical (unpaired) electrons. The van der Waals surface area contributed by atoms with E-state index in [1.165, 1.54) is 8.96 Å². The van der Waals surface area contributed by atoms with Crippen molar-refractivity contribution in [3.8, 4) is 0 Å². The van der Waals surface area contributed by atoms with E-state index in [0.717, 1.165) is 51.4 Å². The normalized spacial score (nSPS) is 16.7. The minimum atomic E-state index is -3.83. The van der Waals surface area contributed by atoms with E-state index in [1.54, 1.807) is 25.1 Å². The number of allylic oxidation sites excluding steroid dienone is 2. The van der Waals surface area contributed by atoms with Gasteiger partial charge < -0.3 is 27.5 Å². The van der Waals surface area contributed by atoms with E-state index in [4.69, 9.17) is 0 Å². The molecule has 0 saturated carbocycles. The van der Waals surface area contributed by atoms with Gasteiger partial charge in [0.25, 0.3) is 0 Å². The lowest BCUT2D eigenvalue weighted by Crippen LogP contribution is -2.50. The molecule has 4 nitrogen and oxygen atoms in total. The molecule has 7 heteroatoms. The first-order chi connectivity index (χ1) is 13.9. The molecule has 29 heavy (non-hydrogen) atoms. The highest BCUT2D eigenvalue weighted by Crippen LogP contribution is 2.32. The van der Waals surface area contributed by atoms with Crippen molar-refractivity contribution in [1.82, 2.24) is 4.48 Å². The summed E-state index contributed by atoms with van der Waals surface area (Å²) in [6.45, 7) is -2.10. The summed E-state index contributed by atoms with van der Waals surface area (Å²) in [4.78, 5) is 10.3. The number of fused-ring (bicyclic) bond motifs is 2. The minimum absolute atomic E-state index is 0. The second-order valence-electron chi connectivity index (χ2n) is 8.18. The number of carboxylic acids is 1. The molecular weight excluding hydrogens is 373 g/mol. The van der Waals surface area contributed by atoms with Crippen LogP contribution in [-0.2, 0) is 4.79 Å². The number of carboxylic acid groups (broad SMARTS) is 1. The number of aliphatic carboxylic acids is 1. The number of unbranched alkanes of at least 4 members (excludes halogenated alkanes) is 8. The fraction of sp³-hybridized carbons (Fsp3) is 0.545. The summed E-state index contributed by atoms with van der Waals surface area (Å²) in [5.74, 6) is -0.963. The molecule has 0 atom stereocenters. The number of hydrogen-bond donors (Lipinski definition) is 0. The van der Waals surface area contributed by atoms with Gasteiger partial charge in [0.05, 0.1) is 0 Å². The molecule has 1 aromatic heterocycles. The number of nitrogens with zero attached hydrogens (tertiary/aromatic N) is 2. The Bertz CT molecular complexity index is 846. The molecule has 0 spiro atoms. The van der Waals surface area contributed by atoms with Gasteiger partial charge in [-0.2, -0.15) is 0 Å². The van der Waals surface area contributed by atoms with E-state index in [0.29, 0.717) is 35.6 Å². The Morgan fingerprint density at radius 2 is 1.66 bits per heavy atom. The molecule has 0 unspecified atom stereocenters. The van der Waals surface area contributed by atoms with Gasteiger partial charge in [-0.15, -0.1) is 0 Å². The number of aryl methyl sites for hydroxylation is 1. The van der Waals surface area contributed by atoms with Crippen LogP contribution in [0.1, 0.15) is 83.4 Å². The molecule has 0 aliphatic carbocycles. The lowest BCUT2D eigenvalue weighted by atomic mass is 9.90. The van der Waals surface area contributed by atoms with Crippen molar-refractivity contribution in [3.05, 3.63) is 41.4 Å². The third-order valence-corrected chi connectivity index (χ3v) is 5.92. The molecule has 158 valence electrons. The summed E-state index contributed by atoms with van der Waals surface area (Å²) in [7, 11) is 0. The van der Waals surface area contributed by atoms with Gasteiger partial charge in [0.15, 0.2) is 5.70 Å². The lowest BCUT2D eigenvalue weighted by molar-refractivity contribution is -0.362. The maximum absolute atomic E-state index is 15.2. The second-order valence-corrected chi connectivity index (χ2v) is 8.18. The van der Waals surface area contributed by atoms with Crippen LogP contribution >= 0.6 is 0 Å². The maximum Gasteiger partial charge on any atom is 1.00 e. The van der Waals surface area contributed by atoms with E-state index in [-0.39, 0.29) is 7.85 Å². The van der Waals surface area contributed by atoms with Crippen LogP contribution in [0.3, 0.4) is 0 Å². The summed E-state index contributed by atoms with van der Waals surface area (Å²) in [5.41, 5.74) is 2.47. The number of rotatable bonds is 12. The Kier molecular flexibility index (Phi) is 7.09. The van der Waals surface area contributed by atoms with Gasteiger partial charge in [-0.25, -0.2) is 0 Å². The highest BCUT2D eigenvalue weighted by Gasteiger charge is 2.51. The monoisotopic (exact) mass is 404 g/mol. The van der Waals surface area contributed by atoms with Crippen LogP contribution in [0.15, 0.2) is 30.0 Å². The standard InChI is InChI=1S/C22H31BF2N2O2/c1-18-13-14-20-17-21-16-15-19(27(21)23(24,25)26(18)20)11-9-7-5-3-2-4-6-8-10-12-22(28)29/h13-17H,2-12H2,1H3,(H,28,29). The number of aromatic nitrogens is 1. The Labute approximate surface area is 173 Å². The van der Waals surface area contributed by atoms with Gasteiger partial charge in [-0.3, -0.25) is 0 Å². The Balaban J connectivity index is 0.00000320. The van der Waals surface area contributed by atoms with Crippen molar-refractivity contribution in [1.29, 1.82) is 0 Å². The van der Waals surface area contributed by atoms with Gasteiger partial charge in [0.2, 0.25) is 0 Å². The third kappa shape index (κ3) is 5.06. The van der Waals surface area contributed by atoms with E-state index >= 15 is 8.63 Å². The van der Waals surface area contributed by atoms with E-state index < -0.39 is 12.9 Å². The summed E-state index contributed by atoms with van der Waals surface area (Å²) in [5, 5.41) is 10.3. The Morgan fingerprint density at radius 1 is 1.03 bits per heavy atom. The van der Waals surface area contributed by atoms with Crippen molar-refractivity contribution in [2.75, 3.05) is 0 Å². The first-order valence-electron chi connectivity index (χ1n) is 10.9.